The number of halogens is 1. The van der Waals surface area contributed by atoms with Crippen molar-refractivity contribution in [2.45, 2.75) is 44.4 Å². The highest BCUT2D eigenvalue weighted by Gasteiger charge is 2.45. The van der Waals surface area contributed by atoms with Crippen molar-refractivity contribution in [1.29, 1.82) is 5.26 Å². The molecule has 4 nitrogen and oxygen atoms in total. The summed E-state index contributed by atoms with van der Waals surface area (Å²) in [5.74, 6) is 0.436. The highest BCUT2D eigenvalue weighted by molar-refractivity contribution is 7.99. The molecule has 31 heavy (non-hydrogen) atoms. The molecule has 1 aliphatic heterocycles. The number of anilines is 1. The number of carbonyl (C=O) groups excluding carboxylic acids is 1. The lowest BCUT2D eigenvalue weighted by atomic mass is 9.69. The number of thioether (sulfide) groups is 1. The molecule has 1 aliphatic carbocycles. The van der Waals surface area contributed by atoms with E-state index in [1.54, 1.807) is 40.1 Å². The summed E-state index contributed by atoms with van der Waals surface area (Å²) in [6.45, 7) is 6.21. The highest BCUT2D eigenvalue weighted by Crippen LogP contribution is 2.52. The van der Waals surface area contributed by atoms with Gasteiger partial charge in [-0.25, -0.2) is 4.39 Å². The van der Waals surface area contributed by atoms with Crippen molar-refractivity contribution in [3.8, 4) is 6.07 Å². The molecule has 2 heterocycles. The average Bonchev–Trinajstić information content (AvgIpc) is 3.15. The Morgan fingerprint density at radius 2 is 2.00 bits per heavy atom. The molecule has 0 bridgehead atoms. The summed E-state index contributed by atoms with van der Waals surface area (Å²) in [5.41, 5.74) is 8.86. The summed E-state index contributed by atoms with van der Waals surface area (Å²) in [6, 6.07) is 10.3. The lowest BCUT2D eigenvalue weighted by molar-refractivity contribution is -0.118. The van der Waals surface area contributed by atoms with Crippen molar-refractivity contribution in [2.75, 3.05) is 10.7 Å². The zero-order valence-corrected chi connectivity index (χ0v) is 19.4. The SMILES string of the molecule is CCSc1ccsc1[C@@H]1C(C#N)=C(N)N(c2ccc(F)cc2)C2=C1C(=O)CC(C)(C)C2. The Balaban J connectivity index is 1.98. The van der Waals surface area contributed by atoms with Gasteiger partial charge >= 0.3 is 0 Å². The van der Waals surface area contributed by atoms with Crippen molar-refractivity contribution in [1.82, 2.24) is 0 Å². The van der Waals surface area contributed by atoms with E-state index in [2.05, 4.69) is 26.8 Å². The molecule has 0 saturated heterocycles. The fourth-order valence-electron chi connectivity index (χ4n) is 4.45. The van der Waals surface area contributed by atoms with Gasteiger partial charge in [0.1, 0.15) is 11.6 Å². The molecule has 1 aromatic heterocycles. The van der Waals surface area contributed by atoms with Crippen molar-refractivity contribution >= 4 is 34.6 Å². The van der Waals surface area contributed by atoms with Crippen LogP contribution in [0.5, 0.6) is 0 Å². The van der Waals surface area contributed by atoms with Crippen LogP contribution in [0, 0.1) is 22.6 Å². The number of nitrogens with zero attached hydrogens (tertiary/aromatic N) is 2. The van der Waals surface area contributed by atoms with E-state index in [1.165, 1.54) is 12.1 Å². The molecule has 4 rings (SSSR count). The quantitative estimate of drug-likeness (QED) is 0.580. The van der Waals surface area contributed by atoms with Crippen molar-refractivity contribution in [3.05, 3.63) is 69.1 Å². The molecule has 160 valence electrons. The van der Waals surface area contributed by atoms with Gasteiger partial charge in [-0.05, 0) is 53.3 Å². The van der Waals surface area contributed by atoms with Gasteiger partial charge in [-0.2, -0.15) is 5.26 Å². The Bertz CT molecular complexity index is 1140. The molecule has 1 atom stereocenters. The molecule has 2 N–H and O–H groups in total. The molecule has 2 aliphatic rings. The van der Waals surface area contributed by atoms with Crippen LogP contribution >= 0.6 is 23.1 Å². The minimum atomic E-state index is -0.464. The van der Waals surface area contributed by atoms with Crippen LogP contribution in [0.4, 0.5) is 10.1 Å². The number of Topliss-reactive ketones (excluding diaryl/α,β-unsaturated/α-hetero) is 1. The van der Waals surface area contributed by atoms with E-state index in [4.69, 9.17) is 5.73 Å². The Labute approximate surface area is 190 Å². The van der Waals surface area contributed by atoms with Gasteiger partial charge < -0.3 is 5.73 Å². The van der Waals surface area contributed by atoms with Gasteiger partial charge in [-0.1, -0.05) is 20.8 Å². The predicted octanol–water partition coefficient (Wildman–Crippen LogP) is 5.94. The van der Waals surface area contributed by atoms with Crippen LogP contribution < -0.4 is 10.6 Å². The number of nitriles is 1. The standard InChI is InChI=1S/C24H24FN3OS2/c1-4-30-19-9-10-31-22(19)20-16(13-26)23(27)28(15-7-5-14(25)6-8-15)17-11-24(2,3)12-18(29)21(17)20/h5-10,20H,4,11-12,27H2,1-3H3/t20-/m1/s1. The molecule has 0 amide bonds. The minimum absolute atomic E-state index is 0.0458. The molecular formula is C24H24FN3OS2. The number of benzene rings is 1. The van der Waals surface area contributed by atoms with E-state index >= 15 is 0 Å². The third-order valence-electron chi connectivity index (χ3n) is 5.69. The third-order valence-corrected chi connectivity index (χ3v) is 7.75. The van der Waals surface area contributed by atoms with Crippen LogP contribution in [-0.4, -0.2) is 11.5 Å². The summed E-state index contributed by atoms with van der Waals surface area (Å²) in [5, 5.41) is 12.1. The molecular weight excluding hydrogens is 429 g/mol. The predicted molar refractivity (Wildman–Crippen MR) is 124 cm³/mol. The molecule has 0 unspecified atom stereocenters. The van der Waals surface area contributed by atoms with Gasteiger partial charge in [-0.15, -0.1) is 23.1 Å². The van der Waals surface area contributed by atoms with Crippen LogP contribution in [-0.2, 0) is 4.79 Å². The molecule has 2 aromatic rings. The van der Waals surface area contributed by atoms with Crippen molar-refractivity contribution in [3.63, 3.8) is 0 Å². The first-order valence-corrected chi connectivity index (χ1v) is 12.1. The highest BCUT2D eigenvalue weighted by atomic mass is 32.2. The normalized spacial score (nSPS) is 20.7. The smallest absolute Gasteiger partial charge is 0.162 e. The van der Waals surface area contributed by atoms with Crippen LogP contribution in [0.25, 0.3) is 0 Å². The minimum Gasteiger partial charge on any atom is -0.384 e. The largest absolute Gasteiger partial charge is 0.384 e. The van der Waals surface area contributed by atoms with Gasteiger partial charge in [0, 0.05) is 33.2 Å². The maximum Gasteiger partial charge on any atom is 0.162 e. The number of thiophene rings is 1. The fraction of sp³-hybridized carbons (Fsp3) is 0.333. The second-order valence-electron chi connectivity index (χ2n) is 8.54. The summed E-state index contributed by atoms with van der Waals surface area (Å²) in [4.78, 5) is 17.4. The molecule has 1 aromatic carbocycles. The van der Waals surface area contributed by atoms with E-state index < -0.39 is 5.92 Å². The third kappa shape index (κ3) is 3.79. The Kier molecular flexibility index (Phi) is 5.71. The van der Waals surface area contributed by atoms with E-state index in [0.717, 1.165) is 21.2 Å². The number of carbonyl (C=O) groups is 1. The number of allylic oxidation sites excluding steroid dienone is 3. The lowest BCUT2D eigenvalue weighted by Crippen LogP contribution is -2.42. The Morgan fingerprint density at radius 1 is 1.29 bits per heavy atom. The van der Waals surface area contributed by atoms with Gasteiger partial charge in [-0.3, -0.25) is 9.69 Å². The number of hydrogen-bond donors (Lipinski definition) is 1. The fourth-order valence-corrected chi connectivity index (χ4v) is 6.50. The van der Waals surface area contributed by atoms with Gasteiger partial charge in [0.05, 0.1) is 17.6 Å². The second-order valence-corrected chi connectivity index (χ2v) is 10.8. The topological polar surface area (TPSA) is 70.1 Å². The zero-order valence-electron chi connectivity index (χ0n) is 17.7. The van der Waals surface area contributed by atoms with Gasteiger partial charge in [0.15, 0.2) is 5.78 Å². The Morgan fingerprint density at radius 3 is 2.65 bits per heavy atom. The summed E-state index contributed by atoms with van der Waals surface area (Å²) >= 11 is 3.26. The first-order chi connectivity index (χ1) is 14.8. The lowest BCUT2D eigenvalue weighted by Gasteiger charge is -2.43. The number of nitrogens with two attached hydrogens (primary N) is 1. The molecule has 0 spiro atoms. The maximum atomic E-state index is 13.6. The summed E-state index contributed by atoms with van der Waals surface area (Å²) < 4.78 is 13.6. The number of ketones is 1. The summed E-state index contributed by atoms with van der Waals surface area (Å²) in [6.07, 6.45) is 1.06. The number of hydrogen-bond acceptors (Lipinski definition) is 6. The van der Waals surface area contributed by atoms with Crippen LogP contribution in [0.2, 0.25) is 0 Å². The van der Waals surface area contributed by atoms with Crippen molar-refractivity contribution < 1.29 is 9.18 Å². The van der Waals surface area contributed by atoms with Crippen molar-refractivity contribution in [2.24, 2.45) is 11.1 Å². The molecule has 0 fully saturated rings. The van der Waals surface area contributed by atoms with Crippen LogP contribution in [0.3, 0.4) is 0 Å². The Hall–Kier alpha value is -2.56. The second kappa shape index (κ2) is 8.18. The maximum absolute atomic E-state index is 13.6. The summed E-state index contributed by atoms with van der Waals surface area (Å²) in [7, 11) is 0. The molecule has 0 radical (unpaired) electrons. The van der Waals surface area contributed by atoms with E-state index in [0.29, 0.717) is 35.5 Å². The van der Waals surface area contributed by atoms with E-state index in [1.807, 2.05) is 11.4 Å². The first-order valence-electron chi connectivity index (χ1n) is 10.2. The van der Waals surface area contributed by atoms with E-state index in [9.17, 15) is 14.4 Å². The van der Waals surface area contributed by atoms with Crippen LogP contribution in [0.1, 0.15) is 44.4 Å². The molecule has 0 saturated carbocycles. The first kappa shape index (κ1) is 21.7. The van der Waals surface area contributed by atoms with E-state index in [-0.39, 0.29) is 17.0 Å². The number of rotatable bonds is 4. The zero-order chi connectivity index (χ0) is 22.3. The average molecular weight is 454 g/mol. The van der Waals surface area contributed by atoms with Crippen LogP contribution in [0.15, 0.2) is 63.3 Å². The van der Waals surface area contributed by atoms with Gasteiger partial charge in [0.25, 0.3) is 0 Å². The van der Waals surface area contributed by atoms with Gasteiger partial charge in [0.2, 0.25) is 0 Å². The monoisotopic (exact) mass is 453 g/mol. The molecule has 7 heteroatoms.